The molecule has 0 aliphatic rings. The Labute approximate surface area is 127 Å². The van der Waals surface area contributed by atoms with Gasteiger partial charge >= 0.3 is 0 Å². The molecule has 0 aliphatic heterocycles. The molecule has 0 saturated heterocycles. The van der Waals surface area contributed by atoms with Gasteiger partial charge in [-0.15, -0.1) is 0 Å². The Morgan fingerprint density at radius 1 is 1.20 bits per heavy atom. The largest absolute Gasteiger partial charge is 0.506 e. The van der Waals surface area contributed by atoms with Crippen LogP contribution < -0.4 is 10.1 Å². The number of aromatic hydroxyl groups is 1. The Hall–Kier alpha value is -1.52. The van der Waals surface area contributed by atoms with Gasteiger partial charge in [0, 0.05) is 23.7 Å². The molecule has 0 radical (unpaired) electrons. The Bertz CT molecular complexity index is 586. The van der Waals surface area contributed by atoms with Gasteiger partial charge in [0.15, 0.2) is 0 Å². The molecule has 2 aromatic carbocycles. The van der Waals surface area contributed by atoms with Crippen molar-refractivity contribution in [1.82, 2.24) is 5.32 Å². The summed E-state index contributed by atoms with van der Waals surface area (Å²) >= 11 is 3.32. The van der Waals surface area contributed by atoms with E-state index in [1.165, 1.54) is 0 Å². The van der Waals surface area contributed by atoms with Gasteiger partial charge in [0.25, 0.3) is 0 Å². The van der Waals surface area contributed by atoms with Crippen LogP contribution in [0.15, 0.2) is 46.9 Å². The van der Waals surface area contributed by atoms with Crippen LogP contribution in [0.2, 0.25) is 0 Å². The highest BCUT2D eigenvalue weighted by molar-refractivity contribution is 9.10. The van der Waals surface area contributed by atoms with E-state index in [0.717, 1.165) is 16.9 Å². The molecule has 0 amide bonds. The van der Waals surface area contributed by atoms with E-state index in [-0.39, 0.29) is 11.8 Å². The molecule has 1 atom stereocenters. The zero-order valence-electron chi connectivity index (χ0n) is 11.6. The van der Waals surface area contributed by atoms with Gasteiger partial charge in [0.2, 0.25) is 0 Å². The fraction of sp³-hybridized carbons (Fsp3) is 0.250. The van der Waals surface area contributed by atoms with E-state index in [4.69, 9.17) is 4.74 Å². The van der Waals surface area contributed by atoms with Gasteiger partial charge in [-0.3, -0.25) is 0 Å². The molecule has 0 unspecified atom stereocenters. The van der Waals surface area contributed by atoms with E-state index in [2.05, 4.69) is 28.2 Å². The highest BCUT2D eigenvalue weighted by atomic mass is 79.9. The summed E-state index contributed by atoms with van der Waals surface area (Å²) in [7, 11) is 1.67. The molecule has 0 aliphatic carbocycles. The van der Waals surface area contributed by atoms with Crippen LogP contribution in [0.1, 0.15) is 24.1 Å². The summed E-state index contributed by atoms with van der Waals surface area (Å²) in [5.41, 5.74) is 1.96. The van der Waals surface area contributed by atoms with Crippen molar-refractivity contribution in [2.24, 2.45) is 0 Å². The normalized spacial score (nSPS) is 12.2. The van der Waals surface area contributed by atoms with Crippen molar-refractivity contribution in [3.63, 3.8) is 0 Å². The van der Waals surface area contributed by atoms with Crippen LogP contribution in [0.4, 0.5) is 0 Å². The topological polar surface area (TPSA) is 41.5 Å². The number of para-hydroxylation sites is 2. The first kappa shape index (κ1) is 14.9. The molecule has 0 bridgehead atoms. The molecular weight excluding hydrogens is 318 g/mol. The summed E-state index contributed by atoms with van der Waals surface area (Å²) in [5, 5.41) is 13.4. The van der Waals surface area contributed by atoms with Crippen LogP contribution >= 0.6 is 15.9 Å². The number of methoxy groups -OCH3 is 1. The average Bonchev–Trinajstić information content (AvgIpc) is 2.48. The minimum Gasteiger partial charge on any atom is -0.506 e. The van der Waals surface area contributed by atoms with Crippen molar-refractivity contribution >= 4 is 15.9 Å². The third-order valence-corrected chi connectivity index (χ3v) is 3.91. The number of hydrogen-bond acceptors (Lipinski definition) is 3. The maximum Gasteiger partial charge on any atom is 0.134 e. The molecule has 2 rings (SSSR count). The molecule has 3 nitrogen and oxygen atoms in total. The lowest BCUT2D eigenvalue weighted by molar-refractivity contribution is 0.400. The Kier molecular flexibility index (Phi) is 5.04. The summed E-state index contributed by atoms with van der Waals surface area (Å²) in [6.45, 7) is 2.66. The predicted octanol–water partition coefficient (Wildman–Crippen LogP) is 4.01. The molecule has 0 aromatic heterocycles. The predicted molar refractivity (Wildman–Crippen MR) is 84.1 cm³/mol. The Morgan fingerprint density at radius 2 is 1.95 bits per heavy atom. The van der Waals surface area contributed by atoms with Gasteiger partial charge in [0.05, 0.1) is 11.6 Å². The van der Waals surface area contributed by atoms with Crippen molar-refractivity contribution in [1.29, 1.82) is 0 Å². The number of phenolic OH excluding ortho intramolecular Hbond substituents is 1. The van der Waals surface area contributed by atoms with E-state index in [9.17, 15) is 5.11 Å². The van der Waals surface area contributed by atoms with E-state index in [1.807, 2.05) is 42.5 Å². The first-order valence-electron chi connectivity index (χ1n) is 6.46. The highest BCUT2D eigenvalue weighted by Crippen LogP contribution is 2.29. The molecule has 0 heterocycles. The first-order chi connectivity index (χ1) is 9.63. The van der Waals surface area contributed by atoms with Gasteiger partial charge in [-0.05, 0) is 35.0 Å². The number of halogens is 1. The third kappa shape index (κ3) is 3.32. The highest BCUT2D eigenvalue weighted by Gasteiger charge is 2.11. The summed E-state index contributed by atoms with van der Waals surface area (Å²) in [5.74, 6) is 1.15. The van der Waals surface area contributed by atoms with Crippen LogP contribution in [-0.4, -0.2) is 12.2 Å². The lowest BCUT2D eigenvalue weighted by Crippen LogP contribution is -2.18. The van der Waals surface area contributed by atoms with Gasteiger partial charge in [-0.1, -0.05) is 30.3 Å². The van der Waals surface area contributed by atoms with Gasteiger partial charge in [-0.25, -0.2) is 0 Å². The minimum atomic E-state index is 0.129. The van der Waals surface area contributed by atoms with Gasteiger partial charge < -0.3 is 15.2 Å². The van der Waals surface area contributed by atoms with Gasteiger partial charge in [-0.2, -0.15) is 0 Å². The van der Waals surface area contributed by atoms with E-state index < -0.39 is 0 Å². The molecule has 0 saturated carbocycles. The summed E-state index contributed by atoms with van der Waals surface area (Å²) in [4.78, 5) is 0. The first-order valence-corrected chi connectivity index (χ1v) is 7.25. The van der Waals surface area contributed by atoms with Gasteiger partial charge in [0.1, 0.15) is 11.5 Å². The summed E-state index contributed by atoms with van der Waals surface area (Å²) < 4.78 is 6.07. The maximum atomic E-state index is 9.97. The van der Waals surface area contributed by atoms with E-state index >= 15 is 0 Å². The van der Waals surface area contributed by atoms with E-state index in [0.29, 0.717) is 11.0 Å². The van der Waals surface area contributed by atoms with Crippen LogP contribution in [0.25, 0.3) is 0 Å². The van der Waals surface area contributed by atoms with Crippen LogP contribution in [0, 0.1) is 0 Å². The standard InChI is InChI=1S/C16H18BrNO2/c1-11(13-7-3-4-9-15(13)20-2)18-10-12-6-5-8-14(17)16(12)19/h3-9,11,18-19H,10H2,1-2H3/t11-/m1/s1. The number of ether oxygens (including phenoxy) is 1. The second kappa shape index (κ2) is 6.77. The fourth-order valence-corrected chi connectivity index (χ4v) is 2.51. The molecule has 106 valence electrons. The zero-order chi connectivity index (χ0) is 14.5. The Balaban J connectivity index is 2.09. The minimum absolute atomic E-state index is 0.129. The number of phenols is 1. The monoisotopic (exact) mass is 335 g/mol. The Morgan fingerprint density at radius 3 is 2.70 bits per heavy atom. The molecular formula is C16H18BrNO2. The second-order valence-corrected chi connectivity index (χ2v) is 5.45. The maximum absolute atomic E-state index is 9.97. The number of rotatable bonds is 5. The SMILES string of the molecule is COc1ccccc1[C@@H](C)NCc1cccc(Br)c1O. The number of benzene rings is 2. The van der Waals surface area contributed by atoms with Crippen molar-refractivity contribution in [2.75, 3.05) is 7.11 Å². The fourth-order valence-electron chi connectivity index (χ4n) is 2.10. The third-order valence-electron chi connectivity index (χ3n) is 3.27. The quantitative estimate of drug-likeness (QED) is 0.867. The summed E-state index contributed by atoms with van der Waals surface area (Å²) in [6, 6.07) is 13.7. The zero-order valence-corrected chi connectivity index (χ0v) is 13.1. The second-order valence-electron chi connectivity index (χ2n) is 4.59. The molecule has 20 heavy (non-hydrogen) atoms. The molecule has 0 fully saturated rings. The molecule has 4 heteroatoms. The lowest BCUT2D eigenvalue weighted by atomic mass is 10.1. The van der Waals surface area contributed by atoms with Crippen molar-refractivity contribution < 1.29 is 9.84 Å². The molecule has 0 spiro atoms. The van der Waals surface area contributed by atoms with Crippen molar-refractivity contribution in [3.05, 3.63) is 58.1 Å². The lowest BCUT2D eigenvalue weighted by Gasteiger charge is -2.17. The number of nitrogens with one attached hydrogen (secondary N) is 1. The molecule has 2 N–H and O–H groups in total. The van der Waals surface area contributed by atoms with E-state index in [1.54, 1.807) is 7.11 Å². The van der Waals surface area contributed by atoms with Crippen LogP contribution in [-0.2, 0) is 6.54 Å². The van der Waals surface area contributed by atoms with Crippen molar-refractivity contribution in [2.45, 2.75) is 19.5 Å². The smallest absolute Gasteiger partial charge is 0.134 e. The summed E-state index contributed by atoms with van der Waals surface area (Å²) in [6.07, 6.45) is 0. The van der Waals surface area contributed by atoms with Crippen molar-refractivity contribution in [3.8, 4) is 11.5 Å². The molecule has 2 aromatic rings. The van der Waals surface area contributed by atoms with Crippen LogP contribution in [0.3, 0.4) is 0 Å². The number of hydrogen-bond donors (Lipinski definition) is 2. The van der Waals surface area contributed by atoms with Crippen LogP contribution in [0.5, 0.6) is 11.5 Å². The average molecular weight is 336 g/mol.